The van der Waals surface area contributed by atoms with Crippen molar-refractivity contribution >= 4 is 26.8 Å². The molecule has 0 aliphatic heterocycles. The van der Waals surface area contributed by atoms with Gasteiger partial charge in [0.1, 0.15) is 0 Å². The van der Waals surface area contributed by atoms with E-state index >= 15 is 0 Å². The largest absolute Gasteiger partial charge is 0.308 e. The summed E-state index contributed by atoms with van der Waals surface area (Å²) in [6.45, 7) is -0.961. The summed E-state index contributed by atoms with van der Waals surface area (Å²) in [5.41, 5.74) is 0. The zero-order chi connectivity index (χ0) is 7.49. The minimum absolute atomic E-state index is 0.593. The zero-order valence-corrected chi connectivity index (χ0v) is 7.06. The van der Waals surface area contributed by atoms with E-state index in [0.717, 1.165) is 0 Å². The second-order valence-corrected chi connectivity index (χ2v) is 7.42. The molecule has 5 heteroatoms. The van der Waals surface area contributed by atoms with Gasteiger partial charge >= 0.3 is 0 Å². The summed E-state index contributed by atoms with van der Waals surface area (Å²) in [6.07, 6.45) is 3.51. The average molecular weight is 171 g/mol. The quantitative estimate of drug-likeness (QED) is 0.469. The topological polar surface area (TPSA) is 29.1 Å². The Morgan fingerprint density at radius 1 is 1.78 bits per heavy atom. The van der Waals surface area contributed by atoms with Crippen molar-refractivity contribution in [3.63, 3.8) is 0 Å². The van der Waals surface area contributed by atoms with Gasteiger partial charge in [0.15, 0.2) is 6.67 Å². The van der Waals surface area contributed by atoms with E-state index < -0.39 is 21.8 Å². The number of hydrogen-bond acceptors (Lipinski definition) is 2. The number of thiol groups is 1. The van der Waals surface area contributed by atoms with Crippen LogP contribution in [0.1, 0.15) is 0 Å². The molecule has 0 radical (unpaired) electrons. The molecule has 0 heterocycles. The maximum atomic E-state index is 11.5. The highest BCUT2D eigenvalue weighted by Gasteiger charge is 2.07. The molecule has 0 saturated carbocycles. The Morgan fingerprint density at radius 2 is 2.22 bits per heavy atom. The number of alkyl halides is 1. The number of carbonyl (C=O) groups is 1. The molecule has 0 atom stereocenters. The van der Waals surface area contributed by atoms with E-state index in [-0.39, 0.29) is 0 Å². The molecular formula is C4H10FNOS2. The number of halogens is 1. The fourth-order valence-corrected chi connectivity index (χ4v) is 1.22. The van der Waals surface area contributed by atoms with Crippen molar-refractivity contribution in [3.05, 3.63) is 0 Å². The van der Waals surface area contributed by atoms with Gasteiger partial charge < -0.3 is 4.72 Å². The second-order valence-electron chi connectivity index (χ2n) is 1.93. The highest BCUT2D eigenvalue weighted by atomic mass is 33.1. The average Bonchev–Trinajstić information content (AvgIpc) is 1.62. The van der Waals surface area contributed by atoms with Crippen molar-refractivity contribution in [2.75, 3.05) is 19.2 Å². The van der Waals surface area contributed by atoms with Crippen LogP contribution in [0.5, 0.6) is 0 Å². The van der Waals surface area contributed by atoms with Crippen LogP contribution in [0.2, 0.25) is 0 Å². The predicted molar refractivity (Wildman–Crippen MR) is 42.5 cm³/mol. The Bertz CT molecular complexity index is 112. The van der Waals surface area contributed by atoms with E-state index in [1.807, 2.05) is 0 Å². The first kappa shape index (κ1) is 9.10. The van der Waals surface area contributed by atoms with Crippen LogP contribution in [0.25, 0.3) is 0 Å². The maximum Gasteiger partial charge on any atom is 0.260 e. The number of amides is 1. The standard InChI is InChI=1S/C4H10FNOS2/c1-9(2,8)6-4(7)3-5/h8H,3H2,1-2H3,(H,6,7). The molecule has 0 aromatic rings. The molecule has 0 spiro atoms. The van der Waals surface area contributed by atoms with Crippen LogP contribution in [-0.4, -0.2) is 25.1 Å². The van der Waals surface area contributed by atoms with Gasteiger partial charge in [-0.25, -0.2) is 4.39 Å². The molecule has 0 aromatic carbocycles. The first-order valence-corrected chi connectivity index (χ1v) is 5.78. The van der Waals surface area contributed by atoms with Gasteiger partial charge in [0.2, 0.25) is 0 Å². The predicted octanol–water partition coefficient (Wildman–Crippen LogP) is 0.896. The molecule has 0 aromatic heterocycles. The lowest BCUT2D eigenvalue weighted by Crippen LogP contribution is -2.24. The van der Waals surface area contributed by atoms with Crippen molar-refractivity contribution < 1.29 is 9.18 Å². The van der Waals surface area contributed by atoms with E-state index in [0.29, 0.717) is 0 Å². The van der Waals surface area contributed by atoms with Crippen LogP contribution in [0.4, 0.5) is 4.39 Å². The van der Waals surface area contributed by atoms with Crippen molar-refractivity contribution in [3.8, 4) is 0 Å². The third-order valence-electron chi connectivity index (χ3n) is 0.485. The Morgan fingerprint density at radius 3 is 2.33 bits per heavy atom. The lowest BCUT2D eigenvalue weighted by molar-refractivity contribution is -0.120. The highest BCUT2D eigenvalue weighted by molar-refractivity contribution is 8.86. The first-order chi connectivity index (χ1) is 3.95. The molecule has 0 unspecified atom stereocenters. The summed E-state index contributed by atoms with van der Waals surface area (Å²) in [5, 5.41) is 0. The summed E-state index contributed by atoms with van der Waals surface area (Å²) in [4.78, 5) is 10.3. The number of nitrogens with one attached hydrogen (secondary N) is 1. The lowest BCUT2D eigenvalue weighted by Gasteiger charge is -2.24. The third-order valence-corrected chi connectivity index (χ3v) is 1.49. The van der Waals surface area contributed by atoms with Gasteiger partial charge in [-0.1, -0.05) is 0 Å². The molecule has 2 nitrogen and oxygen atoms in total. The Labute approximate surface area is 60.5 Å². The van der Waals surface area contributed by atoms with Gasteiger partial charge in [-0.15, -0.1) is 20.9 Å². The van der Waals surface area contributed by atoms with Crippen LogP contribution >= 0.6 is 20.9 Å². The van der Waals surface area contributed by atoms with Gasteiger partial charge in [0.05, 0.1) is 0 Å². The first-order valence-electron chi connectivity index (χ1n) is 2.28. The van der Waals surface area contributed by atoms with Gasteiger partial charge in [0, 0.05) is 0 Å². The van der Waals surface area contributed by atoms with E-state index in [1.165, 1.54) is 0 Å². The fourth-order valence-electron chi connectivity index (χ4n) is 0.306. The van der Waals surface area contributed by atoms with E-state index in [2.05, 4.69) is 16.4 Å². The van der Waals surface area contributed by atoms with Crippen LogP contribution in [0, 0.1) is 0 Å². The molecule has 56 valence electrons. The van der Waals surface area contributed by atoms with Crippen LogP contribution in [-0.2, 0) is 4.79 Å². The molecule has 0 bridgehead atoms. The lowest BCUT2D eigenvalue weighted by atomic mass is 10.7. The van der Waals surface area contributed by atoms with Gasteiger partial charge in [0.25, 0.3) is 5.91 Å². The summed E-state index contributed by atoms with van der Waals surface area (Å²) in [5.74, 6) is -0.593. The Hall–Kier alpha value is 0.1000. The van der Waals surface area contributed by atoms with Gasteiger partial charge in [-0.05, 0) is 12.5 Å². The van der Waals surface area contributed by atoms with Crippen molar-refractivity contribution in [1.82, 2.24) is 4.72 Å². The van der Waals surface area contributed by atoms with E-state index in [4.69, 9.17) is 0 Å². The van der Waals surface area contributed by atoms with Crippen molar-refractivity contribution in [1.29, 1.82) is 0 Å². The minimum atomic E-state index is -1.38. The molecule has 0 rings (SSSR count). The monoisotopic (exact) mass is 171 g/mol. The highest BCUT2D eigenvalue weighted by Crippen LogP contribution is 2.39. The second kappa shape index (κ2) is 3.31. The molecule has 0 fully saturated rings. The molecular weight excluding hydrogens is 161 g/mol. The third kappa shape index (κ3) is 5.98. The van der Waals surface area contributed by atoms with Gasteiger partial charge in [-0.2, -0.15) is 0 Å². The Kier molecular flexibility index (Phi) is 3.35. The molecule has 0 aliphatic carbocycles. The number of hydrogen-bond donors (Lipinski definition) is 2. The summed E-state index contributed by atoms with van der Waals surface area (Å²) >= 11 is 4.03. The van der Waals surface area contributed by atoms with Crippen molar-refractivity contribution in [2.45, 2.75) is 0 Å². The normalized spacial score (nSPS) is 12.9. The summed E-state index contributed by atoms with van der Waals surface area (Å²) in [6, 6.07) is 0. The van der Waals surface area contributed by atoms with E-state index in [9.17, 15) is 9.18 Å². The molecule has 1 amide bonds. The molecule has 1 N–H and O–H groups in total. The van der Waals surface area contributed by atoms with Crippen LogP contribution in [0.15, 0.2) is 0 Å². The van der Waals surface area contributed by atoms with E-state index in [1.54, 1.807) is 12.5 Å². The van der Waals surface area contributed by atoms with Crippen molar-refractivity contribution in [2.24, 2.45) is 0 Å². The summed E-state index contributed by atoms with van der Waals surface area (Å²) < 4.78 is 13.9. The molecule has 9 heavy (non-hydrogen) atoms. The number of rotatable bonds is 2. The minimum Gasteiger partial charge on any atom is -0.308 e. The summed E-state index contributed by atoms with van der Waals surface area (Å²) in [7, 11) is -1.38. The Balaban J connectivity index is 3.60. The zero-order valence-electron chi connectivity index (χ0n) is 5.35. The molecule has 0 aliphatic rings. The van der Waals surface area contributed by atoms with Gasteiger partial charge in [-0.3, -0.25) is 4.79 Å². The van der Waals surface area contributed by atoms with Crippen LogP contribution < -0.4 is 4.72 Å². The fraction of sp³-hybridized carbons (Fsp3) is 0.750. The number of carbonyl (C=O) groups excluding carboxylic acids is 1. The van der Waals surface area contributed by atoms with Crippen LogP contribution in [0.3, 0.4) is 0 Å². The SMILES string of the molecule is CS(C)(S)NC(=O)CF. The smallest absolute Gasteiger partial charge is 0.260 e. The molecule has 0 saturated heterocycles. The maximum absolute atomic E-state index is 11.5.